The van der Waals surface area contributed by atoms with Gasteiger partial charge in [-0.05, 0) is 6.42 Å². The number of carbonyl (C=O) groups excluding carboxylic acids is 2. The van der Waals surface area contributed by atoms with Gasteiger partial charge in [-0.3, -0.25) is 9.59 Å². The zero-order valence-electron chi connectivity index (χ0n) is 6.54. The third kappa shape index (κ3) is 1.34. The Kier molecular flexibility index (Phi) is 2.12. The van der Waals surface area contributed by atoms with Crippen LogP contribution in [0.15, 0.2) is 0 Å². The number of nitrogens with two attached hydrogens (primary N) is 1. The molecule has 62 valence electrons. The molecule has 0 spiro atoms. The Bertz CT molecular complexity index is 191. The maximum atomic E-state index is 10.9. The summed E-state index contributed by atoms with van der Waals surface area (Å²) in [6, 6.07) is -0.331. The van der Waals surface area contributed by atoms with Crippen molar-refractivity contribution in [2.24, 2.45) is 5.73 Å². The molecule has 1 heterocycles. The van der Waals surface area contributed by atoms with Crippen LogP contribution in [0.1, 0.15) is 19.8 Å². The number of primary amides is 1. The molecule has 4 heteroatoms. The number of carbonyl (C=O) groups is 2. The summed E-state index contributed by atoms with van der Waals surface area (Å²) >= 11 is 0. The van der Waals surface area contributed by atoms with Crippen molar-refractivity contribution in [1.29, 1.82) is 0 Å². The van der Waals surface area contributed by atoms with E-state index in [4.69, 9.17) is 5.73 Å². The summed E-state index contributed by atoms with van der Waals surface area (Å²) in [5.74, 6) is -0.353. The molecule has 0 aromatic rings. The van der Waals surface area contributed by atoms with Crippen LogP contribution >= 0.6 is 0 Å². The summed E-state index contributed by atoms with van der Waals surface area (Å²) in [6.45, 7) is 2.61. The summed E-state index contributed by atoms with van der Waals surface area (Å²) in [4.78, 5) is 23.0. The number of hydrogen-bond donors (Lipinski definition) is 1. The fourth-order valence-corrected chi connectivity index (χ4v) is 1.23. The minimum absolute atomic E-state index is 0.0376. The third-order valence-corrected chi connectivity index (χ3v) is 1.86. The molecular weight excluding hydrogens is 144 g/mol. The van der Waals surface area contributed by atoms with Gasteiger partial charge in [0.1, 0.15) is 6.04 Å². The zero-order valence-corrected chi connectivity index (χ0v) is 6.54. The Hall–Kier alpha value is -1.06. The van der Waals surface area contributed by atoms with Gasteiger partial charge in [0.25, 0.3) is 0 Å². The van der Waals surface area contributed by atoms with Crippen LogP contribution in [0, 0.1) is 0 Å². The molecule has 1 aliphatic rings. The lowest BCUT2D eigenvalue weighted by Gasteiger charge is -2.37. The minimum Gasteiger partial charge on any atom is -0.368 e. The minimum atomic E-state index is -0.391. The zero-order chi connectivity index (χ0) is 8.43. The molecule has 1 rings (SSSR count). The molecule has 0 radical (unpaired) electrons. The van der Waals surface area contributed by atoms with Crippen molar-refractivity contribution < 1.29 is 9.59 Å². The molecule has 0 saturated carbocycles. The van der Waals surface area contributed by atoms with E-state index >= 15 is 0 Å². The number of rotatable bonds is 3. The standard InChI is InChI=1S/C7H12N2O2/c1-2-3-9-5(7(8)11)4-6(9)10/h5H,2-4H2,1H3,(H2,8,11)/t5-/m0/s1. The van der Waals surface area contributed by atoms with Crippen molar-refractivity contribution in [1.82, 2.24) is 4.90 Å². The third-order valence-electron chi connectivity index (χ3n) is 1.86. The van der Waals surface area contributed by atoms with Gasteiger partial charge in [0.05, 0.1) is 6.42 Å². The van der Waals surface area contributed by atoms with E-state index in [1.165, 1.54) is 4.90 Å². The molecule has 0 aromatic carbocycles. The lowest BCUT2D eigenvalue weighted by Crippen LogP contribution is -2.58. The maximum Gasteiger partial charge on any atom is 0.240 e. The number of β-lactam (4-membered cyclic amide) rings is 1. The van der Waals surface area contributed by atoms with E-state index < -0.39 is 5.91 Å². The molecule has 1 saturated heterocycles. The van der Waals surface area contributed by atoms with Crippen molar-refractivity contribution >= 4 is 11.8 Å². The number of nitrogens with zero attached hydrogens (tertiary/aromatic N) is 1. The molecule has 4 nitrogen and oxygen atoms in total. The second kappa shape index (κ2) is 2.90. The van der Waals surface area contributed by atoms with Gasteiger partial charge in [0.2, 0.25) is 11.8 Å². The molecule has 0 unspecified atom stereocenters. The first kappa shape index (κ1) is 8.04. The second-order valence-corrected chi connectivity index (χ2v) is 2.71. The van der Waals surface area contributed by atoms with Crippen LogP contribution in [-0.4, -0.2) is 29.3 Å². The van der Waals surface area contributed by atoms with E-state index in [-0.39, 0.29) is 11.9 Å². The van der Waals surface area contributed by atoms with Gasteiger partial charge in [-0.2, -0.15) is 0 Å². The number of likely N-dealkylation sites (tertiary alicyclic amines) is 1. The summed E-state index contributed by atoms with van der Waals surface area (Å²) < 4.78 is 0. The molecule has 2 amide bonds. The van der Waals surface area contributed by atoms with Gasteiger partial charge in [-0.15, -0.1) is 0 Å². The Morgan fingerprint density at radius 3 is 2.82 bits per heavy atom. The Morgan fingerprint density at radius 1 is 1.82 bits per heavy atom. The van der Waals surface area contributed by atoms with Crippen molar-refractivity contribution in [3.05, 3.63) is 0 Å². The van der Waals surface area contributed by atoms with Gasteiger partial charge in [0, 0.05) is 6.54 Å². The molecule has 2 N–H and O–H groups in total. The normalized spacial score (nSPS) is 23.2. The molecule has 1 atom stereocenters. The van der Waals surface area contributed by atoms with Crippen LogP contribution in [-0.2, 0) is 9.59 Å². The molecule has 1 aliphatic heterocycles. The van der Waals surface area contributed by atoms with Gasteiger partial charge in [-0.25, -0.2) is 0 Å². The van der Waals surface area contributed by atoms with E-state index in [0.717, 1.165) is 6.42 Å². The van der Waals surface area contributed by atoms with E-state index in [1.807, 2.05) is 6.92 Å². The van der Waals surface area contributed by atoms with E-state index in [9.17, 15) is 9.59 Å². The van der Waals surface area contributed by atoms with Crippen LogP contribution in [0.4, 0.5) is 0 Å². The largest absolute Gasteiger partial charge is 0.368 e. The molecular formula is C7H12N2O2. The lowest BCUT2D eigenvalue weighted by molar-refractivity contribution is -0.152. The quantitative estimate of drug-likeness (QED) is 0.559. The molecule has 11 heavy (non-hydrogen) atoms. The topological polar surface area (TPSA) is 63.4 Å². The van der Waals surface area contributed by atoms with Crippen molar-refractivity contribution in [3.8, 4) is 0 Å². The second-order valence-electron chi connectivity index (χ2n) is 2.71. The van der Waals surface area contributed by atoms with Gasteiger partial charge in [0.15, 0.2) is 0 Å². The van der Waals surface area contributed by atoms with Gasteiger partial charge >= 0.3 is 0 Å². The van der Waals surface area contributed by atoms with E-state index in [2.05, 4.69) is 0 Å². The highest BCUT2D eigenvalue weighted by atomic mass is 16.2. The first-order valence-corrected chi connectivity index (χ1v) is 3.75. The number of hydrogen-bond acceptors (Lipinski definition) is 2. The Morgan fingerprint density at radius 2 is 2.45 bits per heavy atom. The maximum absolute atomic E-state index is 10.9. The van der Waals surface area contributed by atoms with Crippen LogP contribution in [0.3, 0.4) is 0 Å². The smallest absolute Gasteiger partial charge is 0.240 e. The predicted molar refractivity (Wildman–Crippen MR) is 39.6 cm³/mol. The van der Waals surface area contributed by atoms with E-state index in [0.29, 0.717) is 13.0 Å². The summed E-state index contributed by atoms with van der Waals surface area (Å²) in [5.41, 5.74) is 5.05. The first-order valence-electron chi connectivity index (χ1n) is 3.75. The first-order chi connectivity index (χ1) is 5.16. The summed E-state index contributed by atoms with van der Waals surface area (Å²) in [7, 11) is 0. The summed E-state index contributed by atoms with van der Waals surface area (Å²) in [6.07, 6.45) is 1.17. The van der Waals surface area contributed by atoms with Crippen LogP contribution < -0.4 is 5.73 Å². The van der Waals surface area contributed by atoms with Crippen molar-refractivity contribution in [3.63, 3.8) is 0 Å². The highest BCUT2D eigenvalue weighted by Gasteiger charge is 2.38. The van der Waals surface area contributed by atoms with Crippen LogP contribution in [0.2, 0.25) is 0 Å². The molecule has 0 bridgehead atoms. The lowest BCUT2D eigenvalue weighted by atomic mass is 10.0. The highest BCUT2D eigenvalue weighted by Crippen LogP contribution is 2.18. The predicted octanol–water partition coefficient (Wildman–Crippen LogP) is -0.517. The van der Waals surface area contributed by atoms with Gasteiger partial charge in [-0.1, -0.05) is 6.92 Å². The van der Waals surface area contributed by atoms with Crippen molar-refractivity contribution in [2.45, 2.75) is 25.8 Å². The van der Waals surface area contributed by atoms with E-state index in [1.54, 1.807) is 0 Å². The van der Waals surface area contributed by atoms with Crippen LogP contribution in [0.25, 0.3) is 0 Å². The van der Waals surface area contributed by atoms with Crippen LogP contribution in [0.5, 0.6) is 0 Å². The fourth-order valence-electron chi connectivity index (χ4n) is 1.23. The SMILES string of the molecule is CCCN1C(=O)C[C@H]1C(N)=O. The fraction of sp³-hybridized carbons (Fsp3) is 0.714. The molecule has 0 aromatic heterocycles. The Labute approximate surface area is 65.3 Å². The monoisotopic (exact) mass is 156 g/mol. The molecule has 0 aliphatic carbocycles. The van der Waals surface area contributed by atoms with Crippen molar-refractivity contribution in [2.75, 3.05) is 6.54 Å². The highest BCUT2D eigenvalue weighted by molar-refractivity contribution is 5.96. The average molecular weight is 156 g/mol. The molecule has 1 fully saturated rings. The average Bonchev–Trinajstić information content (AvgIpc) is 1.95. The van der Waals surface area contributed by atoms with Gasteiger partial charge < -0.3 is 10.6 Å². The number of amides is 2. The Balaban J connectivity index is 2.47. The summed E-state index contributed by atoms with van der Waals surface area (Å²) in [5, 5.41) is 0.